The number of ether oxygens (including phenoxy) is 1. The average molecular weight is 142 g/mol. The molecule has 0 aliphatic rings. The van der Waals surface area contributed by atoms with Gasteiger partial charge in [-0.3, -0.25) is 4.79 Å². The van der Waals surface area contributed by atoms with Crippen molar-refractivity contribution in [1.29, 1.82) is 0 Å². The Hall–Kier alpha value is -0.790. The molecule has 0 heterocycles. The van der Waals surface area contributed by atoms with Crippen LogP contribution in [0.5, 0.6) is 0 Å². The van der Waals surface area contributed by atoms with Gasteiger partial charge in [0.1, 0.15) is 0 Å². The zero-order valence-electron chi connectivity index (χ0n) is 6.59. The molecule has 0 N–H and O–H groups in total. The smallest absolute Gasteiger partial charge is 0.305 e. The van der Waals surface area contributed by atoms with Crippen LogP contribution in [-0.4, -0.2) is 13.1 Å². The molecule has 2 heteroatoms. The van der Waals surface area contributed by atoms with E-state index in [1.54, 1.807) is 0 Å². The Morgan fingerprint density at radius 1 is 1.50 bits per heavy atom. The highest BCUT2D eigenvalue weighted by molar-refractivity contribution is 5.69. The standard InChI is InChI=1S/C8H14O2/c1-3-4-5-6-7-8(9)10-2/h4-5H,3,6-7H2,1-2H3. The van der Waals surface area contributed by atoms with Crippen LogP contribution in [0.4, 0.5) is 0 Å². The van der Waals surface area contributed by atoms with Gasteiger partial charge in [0.05, 0.1) is 7.11 Å². The van der Waals surface area contributed by atoms with Crippen LogP contribution in [0.2, 0.25) is 0 Å². The van der Waals surface area contributed by atoms with Crippen molar-refractivity contribution >= 4 is 5.97 Å². The summed E-state index contributed by atoms with van der Waals surface area (Å²) in [5.74, 6) is -0.138. The van der Waals surface area contributed by atoms with E-state index in [2.05, 4.69) is 11.7 Å². The van der Waals surface area contributed by atoms with Gasteiger partial charge in [-0.05, 0) is 12.8 Å². The third-order valence-electron chi connectivity index (χ3n) is 1.15. The number of allylic oxidation sites excluding steroid dienone is 2. The Balaban J connectivity index is 3.19. The normalized spacial score (nSPS) is 10.2. The summed E-state index contributed by atoms with van der Waals surface area (Å²) >= 11 is 0. The van der Waals surface area contributed by atoms with Gasteiger partial charge in [0.15, 0.2) is 0 Å². The van der Waals surface area contributed by atoms with Gasteiger partial charge in [0.25, 0.3) is 0 Å². The lowest BCUT2D eigenvalue weighted by atomic mass is 10.3. The lowest BCUT2D eigenvalue weighted by Crippen LogP contribution is -1.97. The summed E-state index contributed by atoms with van der Waals surface area (Å²) in [7, 11) is 1.41. The van der Waals surface area contributed by atoms with Gasteiger partial charge in [0.2, 0.25) is 0 Å². The second-order valence-electron chi connectivity index (χ2n) is 1.99. The first-order valence-corrected chi connectivity index (χ1v) is 3.53. The van der Waals surface area contributed by atoms with Gasteiger partial charge in [0, 0.05) is 6.42 Å². The van der Waals surface area contributed by atoms with E-state index in [0.717, 1.165) is 12.8 Å². The maximum Gasteiger partial charge on any atom is 0.305 e. The molecule has 0 aromatic carbocycles. The third-order valence-corrected chi connectivity index (χ3v) is 1.15. The number of rotatable bonds is 4. The zero-order valence-corrected chi connectivity index (χ0v) is 6.59. The molecule has 0 aliphatic carbocycles. The summed E-state index contributed by atoms with van der Waals surface area (Å²) < 4.78 is 4.46. The minimum atomic E-state index is -0.138. The van der Waals surface area contributed by atoms with Gasteiger partial charge in [-0.1, -0.05) is 19.1 Å². The van der Waals surface area contributed by atoms with E-state index in [4.69, 9.17) is 0 Å². The first kappa shape index (κ1) is 9.21. The molecule has 0 fully saturated rings. The predicted octanol–water partition coefficient (Wildman–Crippen LogP) is 1.91. The Kier molecular flexibility index (Phi) is 5.83. The molecule has 0 unspecified atom stereocenters. The number of hydrogen-bond acceptors (Lipinski definition) is 2. The van der Waals surface area contributed by atoms with Crippen molar-refractivity contribution in [1.82, 2.24) is 0 Å². The molecule has 0 aromatic rings. The fraction of sp³-hybridized carbons (Fsp3) is 0.625. The van der Waals surface area contributed by atoms with E-state index < -0.39 is 0 Å². The summed E-state index contributed by atoms with van der Waals surface area (Å²) in [6.07, 6.45) is 6.36. The van der Waals surface area contributed by atoms with Crippen molar-refractivity contribution in [3.05, 3.63) is 12.2 Å². The molecule has 0 atom stereocenters. The summed E-state index contributed by atoms with van der Waals surface area (Å²) in [4.78, 5) is 10.5. The van der Waals surface area contributed by atoms with Gasteiger partial charge in [-0.25, -0.2) is 0 Å². The number of carbonyl (C=O) groups is 1. The van der Waals surface area contributed by atoms with Crippen molar-refractivity contribution in [2.45, 2.75) is 26.2 Å². The second-order valence-corrected chi connectivity index (χ2v) is 1.99. The second kappa shape index (κ2) is 6.33. The highest BCUT2D eigenvalue weighted by Gasteiger charge is 1.94. The molecule has 0 radical (unpaired) electrons. The minimum absolute atomic E-state index is 0.138. The number of hydrogen-bond donors (Lipinski definition) is 0. The van der Waals surface area contributed by atoms with Crippen molar-refractivity contribution in [3.8, 4) is 0 Å². The summed E-state index contributed by atoms with van der Waals surface area (Å²) in [6.45, 7) is 2.06. The molecule has 2 nitrogen and oxygen atoms in total. The quantitative estimate of drug-likeness (QED) is 0.442. The average Bonchev–Trinajstić information content (AvgIpc) is 1.98. The van der Waals surface area contributed by atoms with E-state index in [0.29, 0.717) is 6.42 Å². The first-order chi connectivity index (χ1) is 4.81. The van der Waals surface area contributed by atoms with E-state index in [9.17, 15) is 4.79 Å². The molecule has 0 bridgehead atoms. The van der Waals surface area contributed by atoms with Crippen LogP contribution in [0.1, 0.15) is 26.2 Å². The molecule has 0 saturated heterocycles. The number of methoxy groups -OCH3 is 1. The first-order valence-electron chi connectivity index (χ1n) is 3.53. The molecule has 0 spiro atoms. The van der Waals surface area contributed by atoms with Crippen LogP contribution in [0.15, 0.2) is 12.2 Å². The van der Waals surface area contributed by atoms with Crippen molar-refractivity contribution in [2.24, 2.45) is 0 Å². The van der Waals surface area contributed by atoms with Gasteiger partial charge >= 0.3 is 5.97 Å². The van der Waals surface area contributed by atoms with Crippen LogP contribution in [0, 0.1) is 0 Å². The molecule has 0 aliphatic heterocycles. The van der Waals surface area contributed by atoms with E-state index in [1.807, 2.05) is 12.2 Å². The molecule has 0 saturated carbocycles. The van der Waals surface area contributed by atoms with Gasteiger partial charge in [-0.2, -0.15) is 0 Å². The predicted molar refractivity (Wildman–Crippen MR) is 40.7 cm³/mol. The van der Waals surface area contributed by atoms with Crippen LogP contribution >= 0.6 is 0 Å². The fourth-order valence-corrected chi connectivity index (χ4v) is 0.588. The summed E-state index contributed by atoms with van der Waals surface area (Å²) in [5, 5.41) is 0. The third kappa shape index (κ3) is 5.35. The molecular weight excluding hydrogens is 128 g/mol. The summed E-state index contributed by atoms with van der Waals surface area (Å²) in [6, 6.07) is 0. The molecule has 0 rings (SSSR count). The molecule has 58 valence electrons. The monoisotopic (exact) mass is 142 g/mol. The Bertz CT molecular complexity index is 116. The lowest BCUT2D eigenvalue weighted by molar-refractivity contribution is -0.140. The van der Waals surface area contributed by atoms with Crippen LogP contribution in [0.3, 0.4) is 0 Å². The van der Waals surface area contributed by atoms with Crippen LogP contribution in [0.25, 0.3) is 0 Å². The van der Waals surface area contributed by atoms with Crippen molar-refractivity contribution < 1.29 is 9.53 Å². The zero-order chi connectivity index (χ0) is 7.82. The number of carbonyl (C=O) groups excluding carboxylic acids is 1. The summed E-state index contributed by atoms with van der Waals surface area (Å²) in [5.41, 5.74) is 0. The van der Waals surface area contributed by atoms with Gasteiger partial charge < -0.3 is 4.74 Å². The topological polar surface area (TPSA) is 26.3 Å². The fourth-order valence-electron chi connectivity index (χ4n) is 0.588. The molecule has 0 aromatic heterocycles. The number of esters is 1. The van der Waals surface area contributed by atoms with Crippen molar-refractivity contribution in [2.75, 3.05) is 7.11 Å². The maximum atomic E-state index is 10.5. The van der Waals surface area contributed by atoms with E-state index >= 15 is 0 Å². The molecular formula is C8H14O2. The van der Waals surface area contributed by atoms with Crippen LogP contribution < -0.4 is 0 Å². The Morgan fingerprint density at radius 2 is 2.20 bits per heavy atom. The minimum Gasteiger partial charge on any atom is -0.469 e. The highest BCUT2D eigenvalue weighted by Crippen LogP contribution is 1.93. The lowest BCUT2D eigenvalue weighted by Gasteiger charge is -1.92. The van der Waals surface area contributed by atoms with Crippen molar-refractivity contribution in [3.63, 3.8) is 0 Å². The molecule has 10 heavy (non-hydrogen) atoms. The highest BCUT2D eigenvalue weighted by atomic mass is 16.5. The Labute approximate surface area is 61.9 Å². The largest absolute Gasteiger partial charge is 0.469 e. The van der Waals surface area contributed by atoms with Crippen LogP contribution in [-0.2, 0) is 9.53 Å². The van der Waals surface area contributed by atoms with E-state index in [-0.39, 0.29) is 5.97 Å². The molecule has 0 amide bonds. The SMILES string of the molecule is CCC=CCCC(=O)OC. The van der Waals surface area contributed by atoms with Gasteiger partial charge in [-0.15, -0.1) is 0 Å². The van der Waals surface area contributed by atoms with E-state index in [1.165, 1.54) is 7.11 Å². The maximum absolute atomic E-state index is 10.5. The Morgan fingerprint density at radius 3 is 2.70 bits per heavy atom.